The number of carbonyl (C=O) groups excluding carboxylic acids is 2. The van der Waals surface area contributed by atoms with Crippen LogP contribution in [0.2, 0.25) is 0 Å². The number of anilines is 2. The topological polar surface area (TPSA) is 127 Å². The fourth-order valence-corrected chi connectivity index (χ4v) is 3.71. The molecule has 1 aliphatic rings. The number of aromatic nitrogens is 4. The number of carbonyl (C=O) groups is 2. The van der Waals surface area contributed by atoms with Gasteiger partial charge >= 0.3 is 0 Å². The number of nitrogens with zero attached hydrogens (tertiary/aromatic N) is 5. The van der Waals surface area contributed by atoms with Crippen molar-refractivity contribution in [2.75, 3.05) is 10.6 Å². The van der Waals surface area contributed by atoms with Gasteiger partial charge in [0.15, 0.2) is 5.89 Å². The largest absolute Gasteiger partial charge is 0.436 e. The van der Waals surface area contributed by atoms with Crippen LogP contribution in [0.15, 0.2) is 58.0 Å². The molecular formula is C24H20FN7O3. The van der Waals surface area contributed by atoms with Gasteiger partial charge < -0.3 is 15.1 Å². The number of aryl methyl sites for hydroxylation is 2. The lowest BCUT2D eigenvalue weighted by atomic mass is 10.1. The van der Waals surface area contributed by atoms with E-state index in [2.05, 4.69) is 30.6 Å². The lowest BCUT2D eigenvalue weighted by molar-refractivity contribution is -0.112. The highest BCUT2D eigenvalue weighted by molar-refractivity contribution is 6.08. The third-order valence-corrected chi connectivity index (χ3v) is 5.36. The molecule has 0 aliphatic carbocycles. The average Bonchev–Trinajstić information content (AvgIpc) is 3.52. The van der Waals surface area contributed by atoms with Gasteiger partial charge in [0.25, 0.3) is 11.8 Å². The van der Waals surface area contributed by atoms with Crippen LogP contribution in [0.3, 0.4) is 0 Å². The van der Waals surface area contributed by atoms with Gasteiger partial charge in [0, 0.05) is 54.5 Å². The molecule has 11 heteroatoms. The van der Waals surface area contributed by atoms with Crippen molar-refractivity contribution in [2.24, 2.45) is 4.99 Å². The predicted molar refractivity (Wildman–Crippen MR) is 127 cm³/mol. The molecule has 0 unspecified atom stereocenters. The summed E-state index contributed by atoms with van der Waals surface area (Å²) in [6.45, 7) is 5.17. The average molecular weight is 473 g/mol. The van der Waals surface area contributed by atoms with Gasteiger partial charge in [-0.3, -0.25) is 19.0 Å². The molecule has 0 fully saturated rings. The molecule has 0 bridgehead atoms. The highest BCUT2D eigenvalue weighted by Gasteiger charge is 2.19. The molecule has 1 aliphatic heterocycles. The Kier molecular flexibility index (Phi) is 5.44. The molecule has 2 N–H and O–H groups in total. The number of rotatable bonds is 5. The summed E-state index contributed by atoms with van der Waals surface area (Å²) in [6.07, 6.45) is 6.75. The van der Waals surface area contributed by atoms with Crippen molar-refractivity contribution in [1.82, 2.24) is 19.4 Å². The van der Waals surface area contributed by atoms with E-state index in [9.17, 15) is 14.0 Å². The van der Waals surface area contributed by atoms with E-state index in [0.29, 0.717) is 46.4 Å². The lowest BCUT2D eigenvalue weighted by Crippen LogP contribution is -2.15. The number of hydrogen-bond donors (Lipinski definition) is 2. The Bertz CT molecular complexity index is 1560. The Morgan fingerprint density at radius 2 is 1.86 bits per heavy atom. The van der Waals surface area contributed by atoms with E-state index in [4.69, 9.17) is 4.42 Å². The summed E-state index contributed by atoms with van der Waals surface area (Å²) in [5, 5.41) is 5.47. The number of halogens is 1. The molecular weight excluding hydrogens is 453 g/mol. The zero-order valence-corrected chi connectivity index (χ0v) is 19.1. The first kappa shape index (κ1) is 22.1. The maximum Gasteiger partial charge on any atom is 0.293 e. The summed E-state index contributed by atoms with van der Waals surface area (Å²) < 4.78 is 21.6. The summed E-state index contributed by atoms with van der Waals surface area (Å²) in [6, 6.07) is 4.16. The van der Waals surface area contributed by atoms with Gasteiger partial charge in [0.1, 0.15) is 5.82 Å². The number of fused-ring (bicyclic) bond motifs is 1. The standard InChI is InChI=1S/C24H20FN7O3/c1-12-6-15(8-26-12)22(33)30-17-9-27-24-31-20(11-32(24)10-17)18-7-16(4-5-19(18)25)29-23(34)21-13(2)28-14(3)35-21/h4-5,7-11H,6H2,1-3H3,(H,29,34)(H,30,33). The van der Waals surface area contributed by atoms with E-state index in [1.165, 1.54) is 24.4 Å². The van der Waals surface area contributed by atoms with Gasteiger partial charge in [0.05, 0.1) is 23.3 Å². The Balaban J connectivity index is 1.38. The first-order valence-electron chi connectivity index (χ1n) is 10.7. The van der Waals surface area contributed by atoms with Gasteiger partial charge in [-0.2, -0.15) is 0 Å². The smallest absolute Gasteiger partial charge is 0.293 e. The normalized spacial score (nSPS) is 13.0. The van der Waals surface area contributed by atoms with E-state index in [1.54, 1.807) is 36.8 Å². The number of hydrogen-bond acceptors (Lipinski definition) is 7. The van der Waals surface area contributed by atoms with Crippen LogP contribution in [0, 0.1) is 19.7 Å². The molecule has 4 aromatic rings. The third kappa shape index (κ3) is 4.43. The summed E-state index contributed by atoms with van der Waals surface area (Å²) in [5.74, 6) is -0.484. The molecule has 1 aromatic carbocycles. The number of oxazole rings is 1. The second-order valence-corrected chi connectivity index (χ2v) is 8.12. The highest BCUT2D eigenvalue weighted by atomic mass is 19.1. The number of nitrogens with one attached hydrogen (secondary N) is 2. The van der Waals surface area contributed by atoms with Crippen LogP contribution in [-0.2, 0) is 4.79 Å². The predicted octanol–water partition coefficient (Wildman–Crippen LogP) is 4.08. The molecule has 35 heavy (non-hydrogen) atoms. The fourth-order valence-electron chi connectivity index (χ4n) is 3.71. The van der Waals surface area contributed by atoms with E-state index < -0.39 is 11.7 Å². The SMILES string of the molecule is CC1=NC=C(C(=O)Nc2cnc3nc(-c4cc(NC(=O)c5oc(C)nc5C)ccc4F)cn3c2)C1. The summed E-state index contributed by atoms with van der Waals surface area (Å²) in [4.78, 5) is 41.8. The molecule has 0 spiro atoms. The van der Waals surface area contributed by atoms with Gasteiger partial charge in [0.2, 0.25) is 11.5 Å². The Hall–Kier alpha value is -4.67. The van der Waals surface area contributed by atoms with Crippen molar-refractivity contribution >= 4 is 34.7 Å². The maximum atomic E-state index is 14.7. The lowest BCUT2D eigenvalue weighted by Gasteiger charge is -2.06. The second-order valence-electron chi connectivity index (χ2n) is 8.12. The van der Waals surface area contributed by atoms with Crippen molar-refractivity contribution in [1.29, 1.82) is 0 Å². The molecule has 5 rings (SSSR count). The highest BCUT2D eigenvalue weighted by Crippen LogP contribution is 2.27. The van der Waals surface area contributed by atoms with Crippen molar-refractivity contribution < 1.29 is 18.4 Å². The quantitative estimate of drug-likeness (QED) is 0.450. The van der Waals surface area contributed by atoms with E-state index in [-0.39, 0.29) is 17.2 Å². The molecule has 0 atom stereocenters. The Morgan fingerprint density at radius 3 is 2.57 bits per heavy atom. The van der Waals surface area contributed by atoms with Crippen molar-refractivity contribution in [3.63, 3.8) is 0 Å². The van der Waals surface area contributed by atoms with Crippen LogP contribution in [0.1, 0.15) is 35.5 Å². The van der Waals surface area contributed by atoms with Crippen molar-refractivity contribution in [2.45, 2.75) is 27.2 Å². The first-order chi connectivity index (χ1) is 16.8. The van der Waals surface area contributed by atoms with E-state index >= 15 is 0 Å². The maximum absolute atomic E-state index is 14.7. The monoisotopic (exact) mass is 473 g/mol. The fraction of sp³-hybridized carbons (Fsp3) is 0.167. The zero-order valence-electron chi connectivity index (χ0n) is 19.1. The summed E-state index contributed by atoms with van der Waals surface area (Å²) >= 11 is 0. The molecule has 176 valence electrons. The van der Waals surface area contributed by atoms with Crippen LogP contribution < -0.4 is 10.6 Å². The van der Waals surface area contributed by atoms with E-state index in [1.807, 2.05) is 6.92 Å². The number of benzene rings is 1. The zero-order chi connectivity index (χ0) is 24.7. The Morgan fingerprint density at radius 1 is 1.06 bits per heavy atom. The van der Waals surface area contributed by atoms with Crippen LogP contribution in [-0.4, -0.2) is 36.9 Å². The van der Waals surface area contributed by atoms with Crippen LogP contribution in [0.5, 0.6) is 0 Å². The summed E-state index contributed by atoms with van der Waals surface area (Å²) in [7, 11) is 0. The second kappa shape index (κ2) is 8.60. The minimum atomic E-state index is -0.518. The minimum Gasteiger partial charge on any atom is -0.436 e. The molecule has 2 amide bonds. The van der Waals surface area contributed by atoms with Crippen molar-refractivity contribution in [3.8, 4) is 11.3 Å². The molecule has 3 aromatic heterocycles. The molecule has 0 saturated carbocycles. The Labute approximate surface area is 198 Å². The van der Waals surface area contributed by atoms with E-state index in [0.717, 1.165) is 5.71 Å². The molecule has 0 saturated heterocycles. The minimum absolute atomic E-state index is 0.0926. The number of imidazole rings is 1. The van der Waals surface area contributed by atoms with Crippen LogP contribution in [0.4, 0.5) is 15.8 Å². The van der Waals surface area contributed by atoms with Gasteiger partial charge in [-0.25, -0.2) is 19.3 Å². The molecule has 4 heterocycles. The van der Waals surface area contributed by atoms with Crippen molar-refractivity contribution in [3.05, 3.63) is 71.7 Å². The van der Waals surface area contributed by atoms with Crippen LogP contribution >= 0.6 is 0 Å². The molecule has 10 nitrogen and oxygen atoms in total. The first-order valence-corrected chi connectivity index (χ1v) is 10.7. The van der Waals surface area contributed by atoms with Gasteiger partial charge in [-0.05, 0) is 32.0 Å². The number of aliphatic imine (C=N–C) groups is 1. The molecule has 0 radical (unpaired) electrons. The van der Waals surface area contributed by atoms with Crippen LogP contribution in [0.25, 0.3) is 17.0 Å². The number of amides is 2. The van der Waals surface area contributed by atoms with Gasteiger partial charge in [-0.15, -0.1) is 0 Å². The van der Waals surface area contributed by atoms with Gasteiger partial charge in [-0.1, -0.05) is 0 Å². The third-order valence-electron chi connectivity index (χ3n) is 5.36. The summed E-state index contributed by atoms with van der Waals surface area (Å²) in [5.41, 5.74) is 3.19.